The Balaban J connectivity index is 2.97. The molecule has 5 heteroatoms. The average Bonchev–Trinajstić information content (AvgIpc) is 2.40. The van der Waals surface area contributed by atoms with Crippen LogP contribution in [-0.4, -0.2) is 29.0 Å². The van der Waals surface area contributed by atoms with Gasteiger partial charge in [-0.2, -0.15) is 5.26 Å². The van der Waals surface area contributed by atoms with Crippen LogP contribution in [0.2, 0.25) is 0 Å². The fourth-order valence-corrected chi connectivity index (χ4v) is 1.67. The van der Waals surface area contributed by atoms with Gasteiger partial charge in [-0.3, -0.25) is 0 Å². The molecule has 0 aliphatic carbocycles. The Morgan fingerprint density at radius 2 is 2.06 bits per heavy atom. The third-order valence-corrected chi connectivity index (χ3v) is 3.10. The summed E-state index contributed by atoms with van der Waals surface area (Å²) in [7, 11) is 0. The van der Waals surface area contributed by atoms with Crippen molar-refractivity contribution in [3.8, 4) is 6.07 Å². The first-order valence-electron chi connectivity index (χ1n) is 5.86. The molecule has 0 amide bonds. The number of nitrogens with two attached hydrogens (primary N) is 1. The summed E-state index contributed by atoms with van der Waals surface area (Å²) < 4.78 is 0. The van der Waals surface area contributed by atoms with Crippen LogP contribution in [0.4, 0.5) is 11.4 Å². The second kappa shape index (κ2) is 6.24. The number of anilines is 2. The Kier molecular flexibility index (Phi) is 4.95. The fraction of sp³-hybridized carbons (Fsp3) is 0.462. The topological polar surface area (TPSA) is 102 Å². The summed E-state index contributed by atoms with van der Waals surface area (Å²) in [6, 6.07) is 7.30. The van der Waals surface area contributed by atoms with Crippen LogP contribution >= 0.6 is 0 Å². The van der Waals surface area contributed by atoms with Crippen LogP contribution in [0.1, 0.15) is 18.9 Å². The zero-order valence-corrected chi connectivity index (χ0v) is 10.5. The Labute approximate surface area is 107 Å². The van der Waals surface area contributed by atoms with Gasteiger partial charge in [0.2, 0.25) is 0 Å². The van der Waals surface area contributed by atoms with Crippen LogP contribution in [0.5, 0.6) is 0 Å². The largest absolute Gasteiger partial charge is 0.398 e. The molecule has 0 aliphatic rings. The van der Waals surface area contributed by atoms with Gasteiger partial charge in [0, 0.05) is 11.4 Å². The molecule has 0 bridgehead atoms. The van der Waals surface area contributed by atoms with Crippen molar-refractivity contribution in [1.82, 2.24) is 0 Å². The monoisotopic (exact) mass is 249 g/mol. The van der Waals surface area contributed by atoms with Gasteiger partial charge in [0.15, 0.2) is 0 Å². The van der Waals surface area contributed by atoms with Gasteiger partial charge < -0.3 is 21.3 Å². The number of nitriles is 1. The van der Waals surface area contributed by atoms with Gasteiger partial charge in [0.1, 0.15) is 0 Å². The summed E-state index contributed by atoms with van der Waals surface area (Å²) in [5.74, 6) is 0. The third-order valence-electron chi connectivity index (χ3n) is 3.10. The van der Waals surface area contributed by atoms with Crippen molar-refractivity contribution in [1.29, 1.82) is 5.26 Å². The highest BCUT2D eigenvalue weighted by Gasteiger charge is 2.26. The van der Waals surface area contributed by atoms with Crippen LogP contribution < -0.4 is 11.1 Å². The van der Waals surface area contributed by atoms with E-state index in [0.717, 1.165) is 11.3 Å². The molecule has 0 radical (unpaired) electrons. The number of aliphatic hydroxyl groups excluding tert-OH is 2. The van der Waals surface area contributed by atoms with Gasteiger partial charge >= 0.3 is 0 Å². The van der Waals surface area contributed by atoms with Crippen LogP contribution in [0, 0.1) is 11.3 Å². The van der Waals surface area contributed by atoms with Crippen molar-refractivity contribution >= 4 is 11.4 Å². The summed E-state index contributed by atoms with van der Waals surface area (Å²) in [5, 5.41) is 30.5. The maximum absolute atomic E-state index is 9.37. The molecular weight excluding hydrogens is 230 g/mol. The minimum Gasteiger partial charge on any atom is -0.398 e. The van der Waals surface area contributed by atoms with E-state index in [1.807, 2.05) is 6.92 Å². The van der Waals surface area contributed by atoms with E-state index in [4.69, 9.17) is 11.0 Å². The van der Waals surface area contributed by atoms with Gasteiger partial charge in [-0.05, 0) is 30.2 Å². The zero-order chi connectivity index (χ0) is 13.6. The predicted molar refractivity (Wildman–Crippen MR) is 71.0 cm³/mol. The number of rotatable bonds is 6. The maximum atomic E-state index is 9.37. The van der Waals surface area contributed by atoms with E-state index in [2.05, 4.69) is 11.4 Å². The predicted octanol–water partition coefficient (Wildman–Crippen LogP) is 0.880. The van der Waals surface area contributed by atoms with E-state index < -0.39 is 5.54 Å². The second-order valence-corrected chi connectivity index (χ2v) is 4.32. The van der Waals surface area contributed by atoms with Crippen molar-refractivity contribution in [3.63, 3.8) is 0 Å². The highest BCUT2D eigenvalue weighted by molar-refractivity contribution is 5.58. The van der Waals surface area contributed by atoms with Crippen molar-refractivity contribution in [2.24, 2.45) is 0 Å². The quantitative estimate of drug-likeness (QED) is 0.560. The molecule has 5 N–H and O–H groups in total. The third kappa shape index (κ3) is 3.13. The summed E-state index contributed by atoms with van der Waals surface area (Å²) in [5.41, 5.74) is 7.05. The molecule has 5 nitrogen and oxygen atoms in total. The van der Waals surface area contributed by atoms with Crippen LogP contribution in [0.3, 0.4) is 0 Å². The van der Waals surface area contributed by atoms with Crippen molar-refractivity contribution in [3.05, 3.63) is 23.8 Å². The second-order valence-electron chi connectivity index (χ2n) is 4.32. The first kappa shape index (κ1) is 14.3. The van der Waals surface area contributed by atoms with Crippen molar-refractivity contribution in [2.75, 3.05) is 24.3 Å². The molecule has 0 unspecified atom stereocenters. The number of nitrogen functional groups attached to an aromatic ring is 1. The van der Waals surface area contributed by atoms with Crippen molar-refractivity contribution < 1.29 is 10.2 Å². The number of nitrogens with zero attached hydrogens (tertiary/aromatic N) is 1. The van der Waals surface area contributed by atoms with E-state index in [9.17, 15) is 10.2 Å². The first-order valence-corrected chi connectivity index (χ1v) is 5.86. The minimum atomic E-state index is -0.750. The lowest BCUT2D eigenvalue weighted by Crippen LogP contribution is -2.45. The molecule has 0 spiro atoms. The summed E-state index contributed by atoms with van der Waals surface area (Å²) >= 11 is 0. The van der Waals surface area contributed by atoms with Gasteiger partial charge in [-0.15, -0.1) is 0 Å². The maximum Gasteiger partial charge on any atom is 0.0832 e. The molecule has 1 aromatic rings. The number of aliphatic hydroxyl groups is 2. The molecule has 0 heterocycles. The van der Waals surface area contributed by atoms with Gasteiger partial charge in [-0.25, -0.2) is 0 Å². The smallest absolute Gasteiger partial charge is 0.0832 e. The number of hydrogen-bond donors (Lipinski definition) is 4. The van der Waals surface area contributed by atoms with Crippen LogP contribution in [-0.2, 0) is 6.42 Å². The summed E-state index contributed by atoms with van der Waals surface area (Å²) in [6.45, 7) is 1.54. The Hall–Kier alpha value is -1.77. The number of benzene rings is 1. The number of nitrogens with one attached hydrogen (secondary N) is 1. The van der Waals surface area contributed by atoms with Gasteiger partial charge in [0.05, 0.1) is 31.2 Å². The SMILES string of the molecule is CCC(CO)(CO)Nc1ccc(N)c(CC#N)c1. The molecule has 0 atom stereocenters. The Morgan fingerprint density at radius 3 is 2.56 bits per heavy atom. The molecule has 0 saturated carbocycles. The standard InChI is InChI=1S/C13H19N3O2/c1-2-13(8-17,9-18)16-11-3-4-12(15)10(7-11)5-6-14/h3-4,7,16-18H,2,5,8-9,15H2,1H3. The lowest BCUT2D eigenvalue weighted by atomic mass is 9.97. The lowest BCUT2D eigenvalue weighted by molar-refractivity contribution is 0.132. The van der Waals surface area contributed by atoms with E-state index in [1.165, 1.54) is 0 Å². The molecule has 18 heavy (non-hydrogen) atoms. The number of hydrogen-bond acceptors (Lipinski definition) is 5. The summed E-state index contributed by atoms with van der Waals surface area (Å²) in [4.78, 5) is 0. The van der Waals surface area contributed by atoms with E-state index >= 15 is 0 Å². The highest BCUT2D eigenvalue weighted by atomic mass is 16.3. The van der Waals surface area contributed by atoms with Gasteiger partial charge in [0.25, 0.3) is 0 Å². The molecule has 0 aromatic heterocycles. The normalized spacial score (nSPS) is 11.0. The first-order chi connectivity index (χ1) is 8.60. The van der Waals surface area contributed by atoms with E-state index in [-0.39, 0.29) is 19.6 Å². The van der Waals surface area contributed by atoms with Crippen LogP contribution in [0.25, 0.3) is 0 Å². The van der Waals surface area contributed by atoms with E-state index in [0.29, 0.717) is 12.1 Å². The highest BCUT2D eigenvalue weighted by Crippen LogP contribution is 2.23. The molecular formula is C13H19N3O2. The zero-order valence-electron chi connectivity index (χ0n) is 10.5. The lowest BCUT2D eigenvalue weighted by Gasteiger charge is -2.31. The Bertz CT molecular complexity index is 428. The Morgan fingerprint density at radius 1 is 1.39 bits per heavy atom. The fourth-order valence-electron chi connectivity index (χ4n) is 1.67. The average molecular weight is 249 g/mol. The molecule has 0 aliphatic heterocycles. The molecule has 1 rings (SSSR count). The van der Waals surface area contributed by atoms with Crippen molar-refractivity contribution in [2.45, 2.75) is 25.3 Å². The summed E-state index contributed by atoms with van der Waals surface area (Å²) in [6.07, 6.45) is 0.816. The molecule has 98 valence electrons. The van der Waals surface area contributed by atoms with Gasteiger partial charge in [-0.1, -0.05) is 6.92 Å². The van der Waals surface area contributed by atoms with E-state index in [1.54, 1.807) is 18.2 Å². The molecule has 0 saturated heterocycles. The minimum absolute atomic E-state index is 0.169. The molecule has 0 fully saturated rings. The molecule has 1 aromatic carbocycles. The van der Waals surface area contributed by atoms with Crippen LogP contribution in [0.15, 0.2) is 18.2 Å².